The fourth-order valence-corrected chi connectivity index (χ4v) is 4.01. The first-order valence-electron chi connectivity index (χ1n) is 10.5. The molecule has 0 aliphatic carbocycles. The third-order valence-electron chi connectivity index (χ3n) is 5.51. The van der Waals surface area contributed by atoms with Gasteiger partial charge in [0.25, 0.3) is 5.91 Å². The number of amides is 1. The van der Waals surface area contributed by atoms with Gasteiger partial charge in [0.05, 0.1) is 34.0 Å². The Balaban J connectivity index is 1.66. The molecule has 4 aromatic heterocycles. The number of benzene rings is 1. The lowest BCUT2D eigenvalue weighted by Crippen LogP contribution is -2.14. The number of pyridine rings is 2. The van der Waals surface area contributed by atoms with Crippen LogP contribution in [0.1, 0.15) is 41.8 Å². The minimum absolute atomic E-state index is 0.0995. The topological polar surface area (TPSA) is 85.8 Å². The van der Waals surface area contributed by atoms with Crippen LogP contribution in [0.3, 0.4) is 0 Å². The quantitative estimate of drug-likeness (QED) is 0.400. The lowest BCUT2D eigenvalue weighted by molar-refractivity contribution is 0.102. The van der Waals surface area contributed by atoms with E-state index < -0.39 is 0 Å². The Labute approximate surface area is 185 Å². The molecule has 1 N–H and O–H groups in total. The van der Waals surface area contributed by atoms with Gasteiger partial charge in [0, 0.05) is 23.2 Å². The number of rotatable bonds is 4. The van der Waals surface area contributed by atoms with Crippen LogP contribution in [0.5, 0.6) is 0 Å². The predicted molar refractivity (Wildman–Crippen MR) is 125 cm³/mol. The van der Waals surface area contributed by atoms with Crippen molar-refractivity contribution in [2.75, 3.05) is 5.32 Å². The summed E-state index contributed by atoms with van der Waals surface area (Å²) in [6.07, 6.45) is 3.45. The summed E-state index contributed by atoms with van der Waals surface area (Å²) in [4.78, 5) is 22.7. The molecule has 0 saturated carbocycles. The van der Waals surface area contributed by atoms with Gasteiger partial charge < -0.3 is 9.73 Å². The Morgan fingerprint density at radius 1 is 1.09 bits per heavy atom. The molecule has 0 atom stereocenters. The molecule has 4 heterocycles. The second-order valence-electron chi connectivity index (χ2n) is 8.13. The Hall–Kier alpha value is -4.00. The summed E-state index contributed by atoms with van der Waals surface area (Å²) in [5.41, 5.74) is 4.25. The van der Waals surface area contributed by atoms with E-state index in [9.17, 15) is 4.79 Å². The number of anilines is 1. The second-order valence-corrected chi connectivity index (χ2v) is 8.13. The van der Waals surface area contributed by atoms with E-state index in [0.717, 1.165) is 28.0 Å². The van der Waals surface area contributed by atoms with Crippen LogP contribution in [0.2, 0.25) is 0 Å². The van der Waals surface area contributed by atoms with Gasteiger partial charge in [-0.15, -0.1) is 0 Å². The number of carbonyl (C=O) groups is 1. The standard InChI is InChI=1S/C25H23N5O2/c1-14(2)30-24-20(13-27-30)19(12-23(28-24)18-11-15(3)32-16(18)4)25(31)29-22-9-5-8-21-17(22)7-6-10-26-21/h5-14H,1-4H3,(H,29,31). The molecule has 0 spiro atoms. The lowest BCUT2D eigenvalue weighted by atomic mass is 10.1. The van der Waals surface area contributed by atoms with E-state index in [4.69, 9.17) is 9.40 Å². The molecule has 0 saturated heterocycles. The van der Waals surface area contributed by atoms with Gasteiger partial charge in [-0.05, 0) is 64.1 Å². The van der Waals surface area contributed by atoms with E-state index >= 15 is 0 Å². The Morgan fingerprint density at radius 3 is 2.69 bits per heavy atom. The zero-order chi connectivity index (χ0) is 22.4. The van der Waals surface area contributed by atoms with Crippen molar-refractivity contribution >= 4 is 33.5 Å². The molecule has 0 bridgehead atoms. The first-order chi connectivity index (χ1) is 15.4. The Bertz CT molecular complexity index is 1470. The van der Waals surface area contributed by atoms with E-state index in [1.807, 2.05) is 74.8 Å². The maximum Gasteiger partial charge on any atom is 0.256 e. The van der Waals surface area contributed by atoms with Gasteiger partial charge >= 0.3 is 0 Å². The van der Waals surface area contributed by atoms with Crippen LogP contribution >= 0.6 is 0 Å². The minimum Gasteiger partial charge on any atom is -0.466 e. The van der Waals surface area contributed by atoms with Crippen LogP contribution in [0, 0.1) is 13.8 Å². The molecule has 0 aliphatic heterocycles. The van der Waals surface area contributed by atoms with Crippen LogP contribution in [-0.2, 0) is 0 Å². The number of fused-ring (bicyclic) bond motifs is 2. The van der Waals surface area contributed by atoms with Gasteiger partial charge in [-0.2, -0.15) is 5.10 Å². The fourth-order valence-electron chi connectivity index (χ4n) is 4.01. The molecular weight excluding hydrogens is 402 g/mol. The molecule has 1 aromatic carbocycles. The van der Waals surface area contributed by atoms with Gasteiger partial charge in [0.2, 0.25) is 0 Å². The molecular formula is C25H23N5O2. The number of hydrogen-bond acceptors (Lipinski definition) is 5. The zero-order valence-electron chi connectivity index (χ0n) is 18.4. The van der Waals surface area contributed by atoms with E-state index in [1.165, 1.54) is 0 Å². The molecule has 0 fully saturated rings. The van der Waals surface area contributed by atoms with Crippen LogP contribution in [0.15, 0.2) is 59.3 Å². The Morgan fingerprint density at radius 2 is 1.94 bits per heavy atom. The minimum atomic E-state index is -0.226. The molecule has 7 nitrogen and oxygen atoms in total. The molecule has 0 unspecified atom stereocenters. The van der Waals surface area contributed by atoms with E-state index in [1.54, 1.807) is 12.4 Å². The number of aromatic nitrogens is 4. The summed E-state index contributed by atoms with van der Waals surface area (Å²) in [6, 6.07) is 13.3. The van der Waals surface area contributed by atoms with Crippen LogP contribution in [-0.4, -0.2) is 25.7 Å². The highest BCUT2D eigenvalue weighted by molar-refractivity contribution is 6.14. The zero-order valence-corrected chi connectivity index (χ0v) is 18.4. The number of furan rings is 1. The lowest BCUT2D eigenvalue weighted by Gasteiger charge is -2.12. The predicted octanol–water partition coefficient (Wildman–Crippen LogP) is 5.69. The monoisotopic (exact) mass is 425 g/mol. The fraction of sp³-hybridized carbons (Fsp3) is 0.200. The first-order valence-corrected chi connectivity index (χ1v) is 10.5. The summed E-state index contributed by atoms with van der Waals surface area (Å²) >= 11 is 0. The summed E-state index contributed by atoms with van der Waals surface area (Å²) in [6.45, 7) is 7.88. The highest BCUT2D eigenvalue weighted by atomic mass is 16.3. The molecule has 160 valence electrons. The Kier molecular flexibility index (Phi) is 4.74. The van der Waals surface area contributed by atoms with Crippen molar-refractivity contribution in [2.45, 2.75) is 33.7 Å². The number of aryl methyl sites for hydroxylation is 2. The normalized spacial score (nSPS) is 11.5. The van der Waals surface area contributed by atoms with Crippen molar-refractivity contribution < 1.29 is 9.21 Å². The number of nitrogens with zero attached hydrogens (tertiary/aromatic N) is 4. The highest BCUT2D eigenvalue weighted by Gasteiger charge is 2.21. The first kappa shape index (κ1) is 19.9. The maximum absolute atomic E-state index is 13.5. The second kappa shape index (κ2) is 7.60. The van der Waals surface area contributed by atoms with Gasteiger partial charge in [-0.1, -0.05) is 6.07 Å². The molecule has 0 aliphatic rings. The van der Waals surface area contributed by atoms with Crippen molar-refractivity contribution in [3.05, 3.63) is 71.9 Å². The van der Waals surface area contributed by atoms with Gasteiger partial charge in [-0.3, -0.25) is 9.78 Å². The van der Waals surface area contributed by atoms with Gasteiger partial charge in [0.1, 0.15) is 11.5 Å². The van der Waals surface area contributed by atoms with E-state index in [2.05, 4.69) is 15.4 Å². The average Bonchev–Trinajstić information content (AvgIpc) is 3.35. The largest absolute Gasteiger partial charge is 0.466 e. The van der Waals surface area contributed by atoms with Gasteiger partial charge in [0.15, 0.2) is 5.65 Å². The van der Waals surface area contributed by atoms with Crippen LogP contribution < -0.4 is 5.32 Å². The van der Waals surface area contributed by atoms with Crippen molar-refractivity contribution in [1.82, 2.24) is 19.7 Å². The van der Waals surface area contributed by atoms with E-state index in [0.29, 0.717) is 28.0 Å². The van der Waals surface area contributed by atoms with Crippen molar-refractivity contribution in [3.63, 3.8) is 0 Å². The maximum atomic E-state index is 13.5. The number of nitrogens with one attached hydrogen (secondary N) is 1. The number of carbonyl (C=O) groups excluding carboxylic acids is 1. The number of hydrogen-bond donors (Lipinski definition) is 1. The third kappa shape index (κ3) is 3.32. The van der Waals surface area contributed by atoms with Crippen molar-refractivity contribution in [1.29, 1.82) is 0 Å². The van der Waals surface area contributed by atoms with Crippen molar-refractivity contribution in [3.8, 4) is 11.3 Å². The van der Waals surface area contributed by atoms with Crippen LogP contribution in [0.25, 0.3) is 33.2 Å². The highest BCUT2D eigenvalue weighted by Crippen LogP contribution is 2.31. The molecule has 5 rings (SSSR count). The van der Waals surface area contributed by atoms with Crippen molar-refractivity contribution in [2.24, 2.45) is 0 Å². The molecule has 5 aromatic rings. The summed E-state index contributed by atoms with van der Waals surface area (Å²) in [5, 5.41) is 9.15. The summed E-state index contributed by atoms with van der Waals surface area (Å²) in [7, 11) is 0. The molecule has 7 heteroatoms. The smallest absolute Gasteiger partial charge is 0.256 e. The molecule has 1 amide bonds. The SMILES string of the molecule is Cc1cc(-c2cc(C(=O)Nc3cccc4ncccc34)c3cnn(C(C)C)c3n2)c(C)o1. The van der Waals surface area contributed by atoms with Crippen LogP contribution in [0.4, 0.5) is 5.69 Å². The third-order valence-corrected chi connectivity index (χ3v) is 5.51. The summed E-state index contributed by atoms with van der Waals surface area (Å²) < 4.78 is 7.55. The summed E-state index contributed by atoms with van der Waals surface area (Å²) in [5.74, 6) is 1.33. The average molecular weight is 425 g/mol. The van der Waals surface area contributed by atoms with E-state index in [-0.39, 0.29) is 11.9 Å². The molecule has 0 radical (unpaired) electrons. The van der Waals surface area contributed by atoms with Gasteiger partial charge in [-0.25, -0.2) is 9.67 Å². The molecule has 32 heavy (non-hydrogen) atoms.